The molecule has 0 aliphatic heterocycles. The summed E-state index contributed by atoms with van der Waals surface area (Å²) in [6.45, 7) is 6.26. The van der Waals surface area contributed by atoms with Gasteiger partial charge in [-0.25, -0.2) is 4.79 Å². The molecule has 1 rings (SSSR count). The van der Waals surface area contributed by atoms with Crippen LogP contribution in [0, 0.1) is 5.41 Å². The third-order valence-corrected chi connectivity index (χ3v) is 2.25. The molecule has 0 heterocycles. The van der Waals surface area contributed by atoms with Gasteiger partial charge in [-0.2, -0.15) is 0 Å². The maximum Gasteiger partial charge on any atom is 0.354 e. The van der Waals surface area contributed by atoms with Gasteiger partial charge in [-0.3, -0.25) is 5.41 Å². The number of hydrogen-bond donors (Lipinski definition) is 2. The van der Waals surface area contributed by atoms with Crippen LogP contribution in [0.1, 0.15) is 31.9 Å². The van der Waals surface area contributed by atoms with Crippen molar-refractivity contribution in [1.82, 2.24) is 0 Å². The molecular formula is C12H15NO2. The molecular weight excluding hydrogens is 190 g/mol. The number of rotatable bonds is 2. The van der Waals surface area contributed by atoms with Crippen molar-refractivity contribution in [3.05, 3.63) is 35.4 Å². The summed E-state index contributed by atoms with van der Waals surface area (Å²) in [4.78, 5) is 10.6. The second kappa shape index (κ2) is 3.85. The highest BCUT2D eigenvalue weighted by molar-refractivity contribution is 6.41. The Hall–Kier alpha value is -1.64. The zero-order chi connectivity index (χ0) is 11.6. The highest BCUT2D eigenvalue weighted by Crippen LogP contribution is 2.22. The molecule has 0 radical (unpaired) electrons. The molecule has 15 heavy (non-hydrogen) atoms. The van der Waals surface area contributed by atoms with Crippen LogP contribution in [0.2, 0.25) is 0 Å². The van der Waals surface area contributed by atoms with Gasteiger partial charge in [0.1, 0.15) is 5.71 Å². The minimum absolute atomic E-state index is 0.0456. The maximum atomic E-state index is 10.6. The highest BCUT2D eigenvalue weighted by Gasteiger charge is 2.15. The average molecular weight is 205 g/mol. The van der Waals surface area contributed by atoms with E-state index in [0.717, 1.165) is 5.56 Å². The van der Waals surface area contributed by atoms with Crippen LogP contribution < -0.4 is 0 Å². The molecule has 3 heteroatoms. The first kappa shape index (κ1) is 11.4. The van der Waals surface area contributed by atoms with E-state index in [-0.39, 0.29) is 11.1 Å². The number of aliphatic carboxylic acids is 1. The smallest absolute Gasteiger partial charge is 0.354 e. The van der Waals surface area contributed by atoms with Gasteiger partial charge < -0.3 is 5.11 Å². The molecule has 2 N–H and O–H groups in total. The lowest BCUT2D eigenvalue weighted by molar-refractivity contribution is -0.129. The summed E-state index contributed by atoms with van der Waals surface area (Å²) in [5.74, 6) is -1.20. The Balaban J connectivity index is 3.01. The first-order valence-electron chi connectivity index (χ1n) is 4.75. The molecule has 80 valence electrons. The maximum absolute atomic E-state index is 10.6. The summed E-state index contributed by atoms with van der Waals surface area (Å²) in [5, 5.41) is 16.0. The van der Waals surface area contributed by atoms with Gasteiger partial charge in [0.15, 0.2) is 0 Å². The van der Waals surface area contributed by atoms with Crippen molar-refractivity contribution in [2.24, 2.45) is 0 Å². The van der Waals surface area contributed by atoms with Crippen LogP contribution in [0.5, 0.6) is 0 Å². The molecule has 0 atom stereocenters. The molecule has 0 fully saturated rings. The van der Waals surface area contributed by atoms with Gasteiger partial charge in [-0.1, -0.05) is 45.0 Å². The number of nitrogens with one attached hydrogen (secondary N) is 1. The van der Waals surface area contributed by atoms with E-state index < -0.39 is 5.97 Å². The van der Waals surface area contributed by atoms with Crippen molar-refractivity contribution in [2.45, 2.75) is 26.2 Å². The average Bonchev–Trinajstić information content (AvgIpc) is 2.15. The van der Waals surface area contributed by atoms with Crippen LogP contribution in [-0.4, -0.2) is 16.8 Å². The van der Waals surface area contributed by atoms with Crippen LogP contribution in [0.25, 0.3) is 0 Å². The molecule has 0 saturated heterocycles. The molecule has 0 amide bonds. The van der Waals surface area contributed by atoms with E-state index in [4.69, 9.17) is 10.5 Å². The van der Waals surface area contributed by atoms with E-state index >= 15 is 0 Å². The fourth-order valence-corrected chi connectivity index (χ4v) is 1.26. The Kier molecular flexibility index (Phi) is 2.93. The van der Waals surface area contributed by atoms with Crippen molar-refractivity contribution < 1.29 is 9.90 Å². The topological polar surface area (TPSA) is 61.2 Å². The quantitative estimate of drug-likeness (QED) is 0.728. The minimum Gasteiger partial charge on any atom is -0.477 e. The molecule has 1 aromatic rings. The summed E-state index contributed by atoms with van der Waals surface area (Å²) < 4.78 is 0. The van der Waals surface area contributed by atoms with Gasteiger partial charge in [0.05, 0.1) is 0 Å². The Morgan fingerprint density at radius 2 is 1.67 bits per heavy atom. The van der Waals surface area contributed by atoms with E-state index in [2.05, 4.69) is 20.8 Å². The van der Waals surface area contributed by atoms with Crippen molar-refractivity contribution in [2.75, 3.05) is 0 Å². The standard InChI is InChI=1S/C12H15NO2/c1-12(2,3)9-6-4-8(5-7-9)10(13)11(14)15/h4-7,13H,1-3H3,(H,14,15). The zero-order valence-corrected chi connectivity index (χ0v) is 9.16. The van der Waals surface area contributed by atoms with Crippen LogP contribution in [-0.2, 0) is 10.2 Å². The fraction of sp³-hybridized carbons (Fsp3) is 0.333. The Bertz CT molecular complexity index is 385. The third-order valence-electron chi connectivity index (χ3n) is 2.25. The second-order valence-electron chi connectivity index (χ2n) is 4.51. The summed E-state index contributed by atoms with van der Waals surface area (Å²) in [6, 6.07) is 7.09. The van der Waals surface area contributed by atoms with Crippen LogP contribution >= 0.6 is 0 Å². The molecule has 0 unspecified atom stereocenters. The number of carboxylic acids is 1. The minimum atomic E-state index is -1.20. The summed E-state index contributed by atoms with van der Waals surface area (Å²) in [5.41, 5.74) is 1.25. The number of carboxylic acid groups (broad SMARTS) is 1. The summed E-state index contributed by atoms with van der Waals surface area (Å²) in [6.07, 6.45) is 0. The van der Waals surface area contributed by atoms with Crippen molar-refractivity contribution >= 4 is 11.7 Å². The van der Waals surface area contributed by atoms with E-state index in [1.165, 1.54) is 0 Å². The van der Waals surface area contributed by atoms with Gasteiger partial charge in [-0.05, 0) is 11.0 Å². The van der Waals surface area contributed by atoms with Gasteiger partial charge in [0, 0.05) is 5.56 Å². The highest BCUT2D eigenvalue weighted by atomic mass is 16.4. The Morgan fingerprint density at radius 3 is 2.00 bits per heavy atom. The first-order valence-corrected chi connectivity index (χ1v) is 4.75. The molecule has 0 aromatic heterocycles. The second-order valence-corrected chi connectivity index (χ2v) is 4.51. The molecule has 3 nitrogen and oxygen atoms in total. The number of hydrogen-bond acceptors (Lipinski definition) is 2. The summed E-state index contributed by atoms with van der Waals surface area (Å²) in [7, 11) is 0. The molecule has 0 spiro atoms. The lowest BCUT2D eigenvalue weighted by Crippen LogP contribution is -2.14. The Labute approximate surface area is 89.3 Å². The lowest BCUT2D eigenvalue weighted by Gasteiger charge is -2.18. The largest absolute Gasteiger partial charge is 0.477 e. The molecule has 0 aliphatic rings. The van der Waals surface area contributed by atoms with Crippen molar-refractivity contribution in [3.8, 4) is 0 Å². The molecule has 0 saturated carbocycles. The van der Waals surface area contributed by atoms with Crippen LogP contribution in [0.4, 0.5) is 0 Å². The first-order chi connectivity index (χ1) is 6.82. The van der Waals surface area contributed by atoms with E-state index in [1.54, 1.807) is 12.1 Å². The zero-order valence-electron chi connectivity index (χ0n) is 9.16. The normalized spacial score (nSPS) is 11.1. The fourth-order valence-electron chi connectivity index (χ4n) is 1.26. The van der Waals surface area contributed by atoms with Gasteiger partial charge in [-0.15, -0.1) is 0 Å². The predicted molar refractivity (Wildman–Crippen MR) is 59.6 cm³/mol. The molecule has 0 aliphatic carbocycles. The van der Waals surface area contributed by atoms with Crippen molar-refractivity contribution in [1.29, 1.82) is 5.41 Å². The van der Waals surface area contributed by atoms with E-state index in [9.17, 15) is 4.79 Å². The monoisotopic (exact) mass is 205 g/mol. The predicted octanol–water partition coefficient (Wildman–Crippen LogP) is 2.44. The van der Waals surface area contributed by atoms with Gasteiger partial charge >= 0.3 is 5.97 Å². The van der Waals surface area contributed by atoms with E-state index in [1.807, 2.05) is 12.1 Å². The molecule has 1 aromatic carbocycles. The number of benzene rings is 1. The SMILES string of the molecule is CC(C)(C)c1ccc(C(=N)C(=O)O)cc1. The van der Waals surface area contributed by atoms with Crippen LogP contribution in [0.3, 0.4) is 0 Å². The van der Waals surface area contributed by atoms with Crippen molar-refractivity contribution in [3.63, 3.8) is 0 Å². The van der Waals surface area contributed by atoms with Crippen LogP contribution in [0.15, 0.2) is 24.3 Å². The summed E-state index contributed by atoms with van der Waals surface area (Å²) >= 11 is 0. The lowest BCUT2D eigenvalue weighted by atomic mass is 9.86. The Morgan fingerprint density at radius 1 is 1.20 bits per heavy atom. The number of carbonyl (C=O) groups is 1. The third kappa shape index (κ3) is 2.65. The van der Waals surface area contributed by atoms with E-state index in [0.29, 0.717) is 5.56 Å². The van der Waals surface area contributed by atoms with Gasteiger partial charge in [0.2, 0.25) is 0 Å². The molecule has 0 bridgehead atoms. The van der Waals surface area contributed by atoms with Gasteiger partial charge in [0.25, 0.3) is 0 Å².